The minimum Gasteiger partial charge on any atom is -0.476 e. The molecule has 0 saturated carbocycles. The summed E-state index contributed by atoms with van der Waals surface area (Å²) in [5.74, 6) is -0.323. The molecule has 2 heterocycles. The van der Waals surface area contributed by atoms with Gasteiger partial charge in [0.2, 0.25) is 0 Å². The van der Waals surface area contributed by atoms with Gasteiger partial charge in [0.1, 0.15) is 0 Å². The molecule has 7 heteroatoms. The molecule has 0 aliphatic heterocycles. The first-order chi connectivity index (χ1) is 8.88. The van der Waals surface area contributed by atoms with Crippen molar-refractivity contribution in [2.75, 3.05) is 0 Å². The number of carboxylic acids is 1. The van der Waals surface area contributed by atoms with Gasteiger partial charge in [-0.25, -0.2) is 9.78 Å². The Morgan fingerprint density at radius 1 is 1.42 bits per heavy atom. The van der Waals surface area contributed by atoms with Crippen LogP contribution in [-0.4, -0.2) is 25.4 Å². The number of rotatable bonds is 3. The van der Waals surface area contributed by atoms with Gasteiger partial charge < -0.3 is 9.84 Å². The Kier molecular flexibility index (Phi) is 3.48. The molecule has 0 atom stereocenters. The quantitative estimate of drug-likeness (QED) is 0.929. The molecule has 1 N–H and O–H groups in total. The van der Waals surface area contributed by atoms with Crippen molar-refractivity contribution in [1.82, 2.24) is 14.3 Å². The fourth-order valence-corrected chi connectivity index (χ4v) is 2.02. The minimum absolute atomic E-state index is 0.144. The number of aromatic nitrogens is 3. The first-order valence-electron chi connectivity index (χ1n) is 5.58. The van der Waals surface area contributed by atoms with E-state index < -0.39 is 5.97 Å². The summed E-state index contributed by atoms with van der Waals surface area (Å²) in [7, 11) is 0. The van der Waals surface area contributed by atoms with Crippen molar-refractivity contribution in [2.45, 2.75) is 26.2 Å². The van der Waals surface area contributed by atoms with Gasteiger partial charge in [-0.3, -0.25) is 0 Å². The highest BCUT2D eigenvalue weighted by Gasteiger charge is 2.21. The standard InChI is InChI=1S/C12H13N3O3S/c1-12(2,3)10-14-11(19-15-10)18-7-5-4-6-13-8(7)9(16)17/h4-6H,1-3H3,(H,16,17). The van der Waals surface area contributed by atoms with Crippen LogP contribution in [0.3, 0.4) is 0 Å². The van der Waals surface area contributed by atoms with Crippen LogP contribution in [0.4, 0.5) is 0 Å². The van der Waals surface area contributed by atoms with Crippen molar-refractivity contribution in [1.29, 1.82) is 0 Å². The van der Waals surface area contributed by atoms with Gasteiger partial charge in [0.05, 0.1) is 0 Å². The van der Waals surface area contributed by atoms with Crippen LogP contribution in [0.25, 0.3) is 0 Å². The Bertz CT molecular complexity index is 604. The van der Waals surface area contributed by atoms with Crippen LogP contribution in [0.1, 0.15) is 37.1 Å². The van der Waals surface area contributed by atoms with E-state index >= 15 is 0 Å². The molecule has 2 aromatic rings. The van der Waals surface area contributed by atoms with Crippen LogP contribution in [-0.2, 0) is 5.41 Å². The number of carbonyl (C=O) groups is 1. The zero-order chi connectivity index (χ0) is 14.0. The van der Waals surface area contributed by atoms with Crippen molar-refractivity contribution in [3.05, 3.63) is 29.8 Å². The van der Waals surface area contributed by atoms with Crippen molar-refractivity contribution in [3.8, 4) is 10.9 Å². The van der Waals surface area contributed by atoms with Crippen molar-refractivity contribution < 1.29 is 14.6 Å². The molecule has 0 unspecified atom stereocenters. The van der Waals surface area contributed by atoms with Gasteiger partial charge in [-0.2, -0.15) is 9.36 Å². The SMILES string of the molecule is CC(C)(C)c1nsc(Oc2cccnc2C(=O)O)n1. The summed E-state index contributed by atoms with van der Waals surface area (Å²) in [6, 6.07) is 3.14. The van der Waals surface area contributed by atoms with E-state index in [0.29, 0.717) is 11.0 Å². The average Bonchev–Trinajstić information content (AvgIpc) is 2.77. The third-order valence-corrected chi connectivity index (χ3v) is 2.84. The molecule has 0 aliphatic rings. The van der Waals surface area contributed by atoms with E-state index in [4.69, 9.17) is 9.84 Å². The van der Waals surface area contributed by atoms with Crippen LogP contribution < -0.4 is 4.74 Å². The van der Waals surface area contributed by atoms with Gasteiger partial charge in [-0.1, -0.05) is 20.8 Å². The monoisotopic (exact) mass is 279 g/mol. The van der Waals surface area contributed by atoms with Crippen LogP contribution in [0.15, 0.2) is 18.3 Å². The number of pyridine rings is 1. The number of hydrogen-bond donors (Lipinski definition) is 1. The van der Waals surface area contributed by atoms with Crippen LogP contribution in [0.5, 0.6) is 10.9 Å². The average molecular weight is 279 g/mol. The molecule has 19 heavy (non-hydrogen) atoms. The topological polar surface area (TPSA) is 85.2 Å². The van der Waals surface area contributed by atoms with E-state index in [-0.39, 0.29) is 16.9 Å². The van der Waals surface area contributed by atoms with Crippen molar-refractivity contribution in [3.63, 3.8) is 0 Å². The lowest BCUT2D eigenvalue weighted by Crippen LogP contribution is -2.13. The predicted octanol–water partition coefficient (Wildman–Crippen LogP) is 2.72. The summed E-state index contributed by atoms with van der Waals surface area (Å²) in [6.45, 7) is 5.97. The molecule has 2 aromatic heterocycles. The van der Waals surface area contributed by atoms with Gasteiger partial charge >= 0.3 is 5.97 Å². The van der Waals surface area contributed by atoms with Gasteiger partial charge in [0.25, 0.3) is 5.19 Å². The second kappa shape index (κ2) is 4.93. The Hall–Kier alpha value is -2.02. The highest BCUT2D eigenvalue weighted by atomic mass is 32.1. The largest absolute Gasteiger partial charge is 0.476 e. The first kappa shape index (κ1) is 13.4. The summed E-state index contributed by atoms with van der Waals surface area (Å²) in [4.78, 5) is 19.0. The number of nitrogens with zero attached hydrogens (tertiary/aromatic N) is 3. The summed E-state index contributed by atoms with van der Waals surface area (Å²) in [5, 5.41) is 9.31. The van der Waals surface area contributed by atoms with Crippen molar-refractivity contribution >= 4 is 17.5 Å². The van der Waals surface area contributed by atoms with E-state index in [1.807, 2.05) is 20.8 Å². The number of carboxylic acid groups (broad SMARTS) is 1. The number of hydrogen-bond acceptors (Lipinski definition) is 6. The second-order valence-corrected chi connectivity index (χ2v) is 5.61. The summed E-state index contributed by atoms with van der Waals surface area (Å²) in [6.07, 6.45) is 1.40. The molecule has 0 bridgehead atoms. The fraction of sp³-hybridized carbons (Fsp3) is 0.333. The van der Waals surface area contributed by atoms with E-state index in [2.05, 4.69) is 14.3 Å². The number of aromatic carboxylic acids is 1. The second-order valence-electron chi connectivity index (χ2n) is 4.89. The molecule has 2 rings (SSSR count). The van der Waals surface area contributed by atoms with Crippen LogP contribution in [0, 0.1) is 0 Å². The molecule has 0 saturated heterocycles. The van der Waals surface area contributed by atoms with Crippen LogP contribution in [0.2, 0.25) is 0 Å². The number of ether oxygens (including phenoxy) is 1. The summed E-state index contributed by atoms with van der Waals surface area (Å²) in [5.41, 5.74) is -0.321. The molecule has 0 aromatic carbocycles. The van der Waals surface area contributed by atoms with Gasteiger partial charge in [-0.05, 0) is 12.1 Å². The molecule has 6 nitrogen and oxygen atoms in total. The third-order valence-electron chi connectivity index (χ3n) is 2.25. The molecular formula is C12H13N3O3S. The lowest BCUT2D eigenvalue weighted by atomic mass is 9.96. The molecule has 100 valence electrons. The van der Waals surface area contributed by atoms with Gasteiger partial charge in [0, 0.05) is 23.1 Å². The molecule has 0 amide bonds. The Morgan fingerprint density at radius 3 is 2.74 bits per heavy atom. The lowest BCUT2D eigenvalue weighted by molar-refractivity contribution is 0.0687. The molecule has 0 spiro atoms. The summed E-state index contributed by atoms with van der Waals surface area (Å²) >= 11 is 1.09. The normalized spacial score (nSPS) is 11.3. The molecule has 0 fully saturated rings. The van der Waals surface area contributed by atoms with Crippen LogP contribution >= 0.6 is 11.5 Å². The minimum atomic E-state index is -1.14. The first-order valence-corrected chi connectivity index (χ1v) is 6.35. The van der Waals surface area contributed by atoms with Gasteiger partial charge in [0.15, 0.2) is 17.3 Å². The van der Waals surface area contributed by atoms with Crippen molar-refractivity contribution in [2.24, 2.45) is 0 Å². The Labute approximate surface area is 114 Å². The summed E-state index contributed by atoms with van der Waals surface area (Å²) < 4.78 is 9.64. The third kappa shape index (κ3) is 3.05. The maximum Gasteiger partial charge on any atom is 0.358 e. The lowest BCUT2D eigenvalue weighted by Gasteiger charge is -2.12. The van der Waals surface area contributed by atoms with E-state index in [9.17, 15) is 4.79 Å². The van der Waals surface area contributed by atoms with E-state index in [1.54, 1.807) is 6.07 Å². The maximum atomic E-state index is 11.0. The van der Waals surface area contributed by atoms with E-state index in [0.717, 1.165) is 11.5 Å². The maximum absolute atomic E-state index is 11.0. The molecule has 0 aliphatic carbocycles. The molecule has 0 radical (unpaired) electrons. The Balaban J connectivity index is 2.27. The van der Waals surface area contributed by atoms with E-state index in [1.165, 1.54) is 12.3 Å². The smallest absolute Gasteiger partial charge is 0.358 e. The molecular weight excluding hydrogens is 266 g/mol. The highest BCUT2D eigenvalue weighted by Crippen LogP contribution is 2.28. The Morgan fingerprint density at radius 2 is 2.16 bits per heavy atom. The zero-order valence-electron chi connectivity index (χ0n) is 10.7. The van der Waals surface area contributed by atoms with Gasteiger partial charge in [-0.15, -0.1) is 0 Å². The predicted molar refractivity (Wildman–Crippen MR) is 69.9 cm³/mol. The zero-order valence-corrected chi connectivity index (χ0v) is 11.6. The fourth-order valence-electron chi connectivity index (χ4n) is 1.28. The highest BCUT2D eigenvalue weighted by molar-refractivity contribution is 7.07.